The summed E-state index contributed by atoms with van der Waals surface area (Å²) in [4.78, 5) is 21.9. The Morgan fingerprint density at radius 1 is 1.40 bits per heavy atom. The number of carbonyl (C=O) groups is 2. The van der Waals surface area contributed by atoms with Gasteiger partial charge in [0.15, 0.2) is 0 Å². The maximum atomic E-state index is 11.3. The Hall–Kier alpha value is 0.0900. The van der Waals surface area contributed by atoms with E-state index in [0.717, 1.165) is 12.2 Å². The van der Waals surface area contributed by atoms with Crippen LogP contribution in [-0.2, 0) is 9.59 Å². The highest BCUT2D eigenvalue weighted by atomic mass is 35.5. The predicted molar refractivity (Wildman–Crippen MR) is 72.3 cm³/mol. The first kappa shape index (κ1) is 20.5. The van der Waals surface area contributed by atoms with Crippen molar-refractivity contribution < 1.29 is 9.59 Å². The average molecular weight is 275 g/mol. The van der Waals surface area contributed by atoms with Crippen LogP contribution < -0.4 is 10.6 Å². The van der Waals surface area contributed by atoms with E-state index in [9.17, 15) is 9.59 Å². The first-order valence-corrected chi connectivity index (χ1v) is 5.48. The highest BCUT2D eigenvalue weighted by Crippen LogP contribution is 2.00. The minimum absolute atomic E-state index is 0. The standard InChI is InChI=1S/C8H16N2O2S.ClH.H2S/c1-6(11)10-8(12)7(9-2)4-5-13-3;;/h7,9H,4-5H2,1-3H3,(H,10,11,12);1H;1H2/t7-;;/m0../s1. The molecule has 92 valence electrons. The van der Waals surface area contributed by atoms with Gasteiger partial charge < -0.3 is 5.32 Å². The normalized spacial score (nSPS) is 10.6. The average Bonchev–Trinajstić information content (AvgIpc) is 2.04. The molecule has 0 unspecified atom stereocenters. The second kappa shape index (κ2) is 12.2. The zero-order chi connectivity index (χ0) is 10.3. The van der Waals surface area contributed by atoms with Crippen LogP contribution in [0.3, 0.4) is 0 Å². The van der Waals surface area contributed by atoms with Gasteiger partial charge in [0.1, 0.15) is 0 Å². The zero-order valence-electron chi connectivity index (χ0n) is 9.12. The number of rotatable bonds is 5. The van der Waals surface area contributed by atoms with E-state index >= 15 is 0 Å². The monoisotopic (exact) mass is 274 g/mol. The van der Waals surface area contributed by atoms with Gasteiger partial charge in [-0.05, 0) is 25.5 Å². The molecule has 0 aliphatic heterocycles. The lowest BCUT2D eigenvalue weighted by Crippen LogP contribution is -2.44. The van der Waals surface area contributed by atoms with E-state index in [4.69, 9.17) is 0 Å². The molecule has 2 N–H and O–H groups in total. The van der Waals surface area contributed by atoms with Gasteiger partial charge in [-0.3, -0.25) is 14.9 Å². The van der Waals surface area contributed by atoms with E-state index in [2.05, 4.69) is 10.6 Å². The van der Waals surface area contributed by atoms with Crippen molar-refractivity contribution >= 4 is 49.5 Å². The molecule has 0 aromatic heterocycles. The number of amides is 2. The van der Waals surface area contributed by atoms with Crippen LogP contribution in [0.25, 0.3) is 0 Å². The third-order valence-corrected chi connectivity index (χ3v) is 2.22. The van der Waals surface area contributed by atoms with Crippen molar-refractivity contribution in [1.82, 2.24) is 10.6 Å². The van der Waals surface area contributed by atoms with Crippen molar-refractivity contribution in [1.29, 1.82) is 0 Å². The summed E-state index contributed by atoms with van der Waals surface area (Å²) in [6, 6.07) is -0.267. The topological polar surface area (TPSA) is 58.2 Å². The fourth-order valence-corrected chi connectivity index (χ4v) is 1.37. The molecular weight excluding hydrogens is 256 g/mol. The van der Waals surface area contributed by atoms with Crippen molar-refractivity contribution in [2.24, 2.45) is 0 Å². The fourth-order valence-electron chi connectivity index (χ4n) is 0.903. The van der Waals surface area contributed by atoms with E-state index in [1.165, 1.54) is 6.92 Å². The molecule has 4 nitrogen and oxygen atoms in total. The third kappa shape index (κ3) is 10.4. The Morgan fingerprint density at radius 3 is 2.27 bits per heavy atom. The van der Waals surface area contributed by atoms with Crippen molar-refractivity contribution in [2.45, 2.75) is 19.4 Å². The molecule has 0 aromatic rings. The number of imide groups is 1. The maximum Gasteiger partial charge on any atom is 0.243 e. The highest BCUT2D eigenvalue weighted by molar-refractivity contribution is 7.98. The summed E-state index contributed by atoms with van der Waals surface area (Å²) < 4.78 is 0. The lowest BCUT2D eigenvalue weighted by atomic mass is 10.2. The summed E-state index contributed by atoms with van der Waals surface area (Å²) in [5, 5.41) is 5.12. The largest absolute Gasteiger partial charge is 0.309 e. The smallest absolute Gasteiger partial charge is 0.243 e. The minimum atomic E-state index is -0.311. The van der Waals surface area contributed by atoms with E-state index < -0.39 is 0 Å². The Morgan fingerprint density at radius 2 is 1.93 bits per heavy atom. The molecule has 2 amide bonds. The summed E-state index contributed by atoms with van der Waals surface area (Å²) in [5.41, 5.74) is 0. The molecule has 0 saturated heterocycles. The molecule has 0 heterocycles. The van der Waals surface area contributed by atoms with Crippen molar-refractivity contribution in [3.05, 3.63) is 0 Å². The summed E-state index contributed by atoms with van der Waals surface area (Å²) in [6.45, 7) is 1.33. The van der Waals surface area contributed by atoms with Crippen LogP contribution in [0.2, 0.25) is 0 Å². The number of nitrogens with one attached hydrogen (secondary N) is 2. The Kier molecular flexibility index (Phi) is 16.6. The molecule has 1 atom stereocenters. The Labute approximate surface area is 108 Å². The van der Waals surface area contributed by atoms with Gasteiger partial charge in [0.05, 0.1) is 6.04 Å². The van der Waals surface area contributed by atoms with Crippen LogP contribution in [0.4, 0.5) is 0 Å². The summed E-state index contributed by atoms with van der Waals surface area (Å²) in [5.74, 6) is 0.343. The quantitative estimate of drug-likeness (QED) is 0.768. The lowest BCUT2D eigenvalue weighted by Gasteiger charge is -2.13. The van der Waals surface area contributed by atoms with Gasteiger partial charge >= 0.3 is 0 Å². The maximum absolute atomic E-state index is 11.3. The Bertz CT molecular complexity index is 193. The zero-order valence-corrected chi connectivity index (χ0v) is 11.8. The molecule has 0 aliphatic carbocycles. The molecule has 0 radical (unpaired) electrons. The number of hydrogen-bond acceptors (Lipinski definition) is 4. The summed E-state index contributed by atoms with van der Waals surface area (Å²) in [6.07, 6.45) is 2.71. The SMILES string of the molecule is CN[C@@H](CCSC)C(=O)NC(C)=O.Cl.S. The summed E-state index contributed by atoms with van der Waals surface area (Å²) in [7, 11) is 1.71. The van der Waals surface area contributed by atoms with Crippen LogP contribution in [0.15, 0.2) is 0 Å². The first-order valence-electron chi connectivity index (χ1n) is 4.09. The van der Waals surface area contributed by atoms with E-state index in [0.29, 0.717) is 0 Å². The van der Waals surface area contributed by atoms with Gasteiger partial charge in [0, 0.05) is 6.92 Å². The molecule has 0 aromatic carbocycles. The molecule has 0 spiro atoms. The van der Waals surface area contributed by atoms with Gasteiger partial charge in [0.2, 0.25) is 11.8 Å². The number of thioether (sulfide) groups is 1. The van der Waals surface area contributed by atoms with E-state index in [-0.39, 0.29) is 43.8 Å². The first-order chi connectivity index (χ1) is 6.11. The van der Waals surface area contributed by atoms with E-state index in [1.54, 1.807) is 18.8 Å². The number of halogens is 1. The molecular formula is C8H19ClN2O2S2. The molecule has 7 heteroatoms. The second-order valence-corrected chi connectivity index (χ2v) is 3.65. The summed E-state index contributed by atoms with van der Waals surface area (Å²) >= 11 is 1.68. The number of hydrogen-bond donors (Lipinski definition) is 2. The van der Waals surface area contributed by atoms with Crippen molar-refractivity contribution in [3.8, 4) is 0 Å². The third-order valence-electron chi connectivity index (χ3n) is 1.57. The molecule has 0 aliphatic rings. The number of carbonyl (C=O) groups excluding carboxylic acids is 2. The van der Waals surface area contributed by atoms with Gasteiger partial charge in [-0.25, -0.2) is 0 Å². The molecule has 0 rings (SSSR count). The molecule has 0 fully saturated rings. The van der Waals surface area contributed by atoms with Gasteiger partial charge in [-0.15, -0.1) is 12.4 Å². The van der Waals surface area contributed by atoms with Crippen LogP contribution in [0, 0.1) is 0 Å². The minimum Gasteiger partial charge on any atom is -0.309 e. The Balaban J connectivity index is -0.000000720. The van der Waals surface area contributed by atoms with Crippen LogP contribution >= 0.6 is 37.7 Å². The fraction of sp³-hybridized carbons (Fsp3) is 0.750. The highest BCUT2D eigenvalue weighted by Gasteiger charge is 2.16. The van der Waals surface area contributed by atoms with Crippen LogP contribution in [-0.4, -0.2) is 36.9 Å². The van der Waals surface area contributed by atoms with Crippen LogP contribution in [0.1, 0.15) is 13.3 Å². The molecule has 15 heavy (non-hydrogen) atoms. The molecule has 0 saturated carbocycles. The lowest BCUT2D eigenvalue weighted by molar-refractivity contribution is -0.130. The van der Waals surface area contributed by atoms with Crippen molar-refractivity contribution in [2.75, 3.05) is 19.1 Å². The van der Waals surface area contributed by atoms with Gasteiger partial charge in [-0.1, -0.05) is 0 Å². The molecule has 0 bridgehead atoms. The van der Waals surface area contributed by atoms with Gasteiger partial charge in [0.25, 0.3) is 0 Å². The van der Waals surface area contributed by atoms with Crippen molar-refractivity contribution in [3.63, 3.8) is 0 Å². The predicted octanol–water partition coefficient (Wildman–Crippen LogP) is 0.525. The van der Waals surface area contributed by atoms with Gasteiger partial charge in [-0.2, -0.15) is 25.3 Å². The van der Waals surface area contributed by atoms with Crippen LogP contribution in [0.5, 0.6) is 0 Å². The second-order valence-electron chi connectivity index (χ2n) is 2.67. The number of likely N-dealkylation sites (N-methyl/N-ethyl adjacent to an activating group) is 1. The van der Waals surface area contributed by atoms with E-state index in [1.807, 2.05) is 6.26 Å².